The van der Waals surface area contributed by atoms with Gasteiger partial charge in [-0.25, -0.2) is 0 Å². The Morgan fingerprint density at radius 3 is 2.19 bits per heavy atom. The first kappa shape index (κ1) is 14.3. The van der Waals surface area contributed by atoms with E-state index in [0.29, 0.717) is 0 Å². The lowest BCUT2D eigenvalue weighted by atomic mass is 9.77. The molecule has 96 valence electrons. The second-order valence-corrected chi connectivity index (χ2v) is 6.67. The summed E-state index contributed by atoms with van der Waals surface area (Å²) >= 11 is 1.66. The lowest BCUT2D eigenvalue weighted by Crippen LogP contribution is -2.57. The predicted molar refractivity (Wildman–Crippen MR) is 67.7 cm³/mol. The fraction of sp³-hybridized carbons (Fsp3) is 1.00. The molecule has 2 N–H and O–H groups in total. The quantitative estimate of drug-likeness (QED) is 0.778. The maximum atomic E-state index is 10.1. The highest BCUT2D eigenvalue weighted by molar-refractivity contribution is 7.98. The van der Waals surface area contributed by atoms with Gasteiger partial charge in [0, 0.05) is 11.7 Å². The van der Waals surface area contributed by atoms with Crippen molar-refractivity contribution < 1.29 is 14.9 Å². The van der Waals surface area contributed by atoms with Crippen LogP contribution in [0.15, 0.2) is 0 Å². The van der Waals surface area contributed by atoms with E-state index in [1.807, 2.05) is 13.2 Å². The van der Waals surface area contributed by atoms with Gasteiger partial charge < -0.3 is 14.9 Å². The number of ether oxygens (including phenoxy) is 1. The molecule has 1 aliphatic heterocycles. The predicted octanol–water partition coefficient (Wildman–Crippen LogP) is 1.52. The van der Waals surface area contributed by atoms with Crippen LogP contribution in [0.2, 0.25) is 0 Å². The van der Waals surface area contributed by atoms with Gasteiger partial charge in [-0.1, -0.05) is 27.7 Å². The first-order chi connectivity index (χ1) is 7.29. The van der Waals surface area contributed by atoms with E-state index in [9.17, 15) is 10.2 Å². The van der Waals surface area contributed by atoms with Gasteiger partial charge in [-0.05, 0) is 11.7 Å². The van der Waals surface area contributed by atoms with Gasteiger partial charge >= 0.3 is 0 Å². The standard InChI is InChI=1S/C12H24O3S/c1-7-9(13)8(6-16-5)15-11(10(7)14)12(2,3)4/h7-11,13-14H,6H2,1-5H3/t7-,8+,9-,10+,11-/m0/s1. The molecule has 0 unspecified atom stereocenters. The van der Waals surface area contributed by atoms with Crippen LogP contribution in [0.25, 0.3) is 0 Å². The highest BCUT2D eigenvalue weighted by atomic mass is 32.2. The molecule has 16 heavy (non-hydrogen) atoms. The van der Waals surface area contributed by atoms with Gasteiger partial charge in [-0.2, -0.15) is 11.8 Å². The molecule has 0 aromatic rings. The van der Waals surface area contributed by atoms with Gasteiger partial charge in [-0.3, -0.25) is 0 Å². The van der Waals surface area contributed by atoms with E-state index in [-0.39, 0.29) is 23.5 Å². The van der Waals surface area contributed by atoms with Crippen molar-refractivity contribution in [1.82, 2.24) is 0 Å². The summed E-state index contributed by atoms with van der Waals surface area (Å²) in [5.74, 6) is 0.639. The van der Waals surface area contributed by atoms with Crippen LogP contribution in [0.1, 0.15) is 27.7 Å². The highest BCUT2D eigenvalue weighted by Gasteiger charge is 2.46. The summed E-state index contributed by atoms with van der Waals surface area (Å²) in [5.41, 5.74) is -0.107. The second kappa shape index (κ2) is 5.25. The van der Waals surface area contributed by atoms with Crippen molar-refractivity contribution in [2.75, 3.05) is 12.0 Å². The second-order valence-electron chi connectivity index (χ2n) is 5.76. The van der Waals surface area contributed by atoms with Crippen LogP contribution < -0.4 is 0 Å². The van der Waals surface area contributed by atoms with Crippen LogP contribution >= 0.6 is 11.8 Å². The third-order valence-corrected chi connectivity index (χ3v) is 3.94. The summed E-state index contributed by atoms with van der Waals surface area (Å²) in [5, 5.41) is 20.2. The van der Waals surface area contributed by atoms with Crippen LogP contribution in [0, 0.1) is 11.3 Å². The van der Waals surface area contributed by atoms with E-state index in [2.05, 4.69) is 20.8 Å². The monoisotopic (exact) mass is 248 g/mol. The summed E-state index contributed by atoms with van der Waals surface area (Å²) in [6.45, 7) is 8.06. The Labute approximate surface area is 103 Å². The van der Waals surface area contributed by atoms with Crippen molar-refractivity contribution in [3.8, 4) is 0 Å². The van der Waals surface area contributed by atoms with E-state index in [0.717, 1.165) is 5.75 Å². The molecule has 0 spiro atoms. The molecule has 5 atom stereocenters. The first-order valence-corrected chi connectivity index (χ1v) is 7.19. The van der Waals surface area contributed by atoms with Crippen LogP contribution in [0.4, 0.5) is 0 Å². The van der Waals surface area contributed by atoms with Gasteiger partial charge in [-0.15, -0.1) is 0 Å². The third kappa shape index (κ3) is 2.92. The van der Waals surface area contributed by atoms with E-state index in [4.69, 9.17) is 4.74 Å². The summed E-state index contributed by atoms with van der Waals surface area (Å²) in [4.78, 5) is 0. The molecule has 0 aromatic heterocycles. The maximum absolute atomic E-state index is 10.1. The summed E-state index contributed by atoms with van der Waals surface area (Å²) in [6, 6.07) is 0. The number of aliphatic hydroxyl groups is 2. The number of hydrogen-bond donors (Lipinski definition) is 2. The topological polar surface area (TPSA) is 49.7 Å². The van der Waals surface area contributed by atoms with Crippen molar-refractivity contribution in [2.45, 2.75) is 52.1 Å². The van der Waals surface area contributed by atoms with Gasteiger partial charge in [0.25, 0.3) is 0 Å². The maximum Gasteiger partial charge on any atom is 0.0932 e. The molecular formula is C12H24O3S. The average molecular weight is 248 g/mol. The molecule has 0 bridgehead atoms. The van der Waals surface area contributed by atoms with E-state index in [1.165, 1.54) is 0 Å². The molecule has 0 amide bonds. The fourth-order valence-electron chi connectivity index (χ4n) is 2.18. The Bertz CT molecular complexity index is 227. The fourth-order valence-corrected chi connectivity index (χ4v) is 2.79. The zero-order valence-electron chi connectivity index (χ0n) is 10.8. The number of rotatable bonds is 2. The minimum Gasteiger partial charge on any atom is -0.390 e. The van der Waals surface area contributed by atoms with Crippen molar-refractivity contribution in [1.29, 1.82) is 0 Å². The number of thioether (sulfide) groups is 1. The Balaban J connectivity index is 2.81. The number of hydrogen-bond acceptors (Lipinski definition) is 4. The Hall–Kier alpha value is 0.230. The van der Waals surface area contributed by atoms with E-state index >= 15 is 0 Å². The normalized spacial score (nSPS) is 41.1. The summed E-state index contributed by atoms with van der Waals surface area (Å²) in [7, 11) is 0. The zero-order chi connectivity index (χ0) is 12.5. The lowest BCUT2D eigenvalue weighted by Gasteiger charge is -2.46. The number of aliphatic hydroxyl groups excluding tert-OH is 2. The summed E-state index contributed by atoms with van der Waals surface area (Å²) in [6.07, 6.45) is 0.465. The lowest BCUT2D eigenvalue weighted by molar-refractivity contribution is -0.216. The van der Waals surface area contributed by atoms with Crippen molar-refractivity contribution >= 4 is 11.8 Å². The zero-order valence-corrected chi connectivity index (χ0v) is 11.6. The Morgan fingerprint density at radius 2 is 1.75 bits per heavy atom. The van der Waals surface area contributed by atoms with Crippen LogP contribution in [0.5, 0.6) is 0 Å². The SMILES string of the molecule is CSC[C@H]1O[C@H](C(C)(C)C)[C@H](O)[C@@H](C)[C@@H]1O. The van der Waals surface area contributed by atoms with Crippen molar-refractivity contribution in [3.05, 3.63) is 0 Å². The molecule has 0 aliphatic carbocycles. The van der Waals surface area contributed by atoms with E-state index < -0.39 is 12.2 Å². The van der Waals surface area contributed by atoms with Crippen LogP contribution in [-0.4, -0.2) is 46.6 Å². The molecule has 3 nitrogen and oxygen atoms in total. The third-order valence-electron chi connectivity index (χ3n) is 3.27. The molecule has 0 aromatic carbocycles. The largest absolute Gasteiger partial charge is 0.390 e. The Morgan fingerprint density at radius 1 is 1.19 bits per heavy atom. The van der Waals surface area contributed by atoms with Gasteiger partial charge in [0.05, 0.1) is 24.4 Å². The molecule has 1 saturated heterocycles. The Kier molecular flexibility index (Phi) is 4.69. The smallest absolute Gasteiger partial charge is 0.0932 e. The first-order valence-electron chi connectivity index (χ1n) is 5.79. The minimum atomic E-state index is -0.590. The van der Waals surface area contributed by atoms with Gasteiger partial charge in [0.15, 0.2) is 0 Å². The highest BCUT2D eigenvalue weighted by Crippen LogP contribution is 2.36. The van der Waals surface area contributed by atoms with Crippen LogP contribution in [0.3, 0.4) is 0 Å². The summed E-state index contributed by atoms with van der Waals surface area (Å²) < 4.78 is 5.87. The molecule has 1 rings (SSSR count). The molecule has 0 radical (unpaired) electrons. The minimum absolute atomic E-state index is 0.107. The molecule has 4 heteroatoms. The molecule has 1 aliphatic rings. The molecule has 1 fully saturated rings. The van der Waals surface area contributed by atoms with E-state index in [1.54, 1.807) is 11.8 Å². The molecular weight excluding hydrogens is 224 g/mol. The average Bonchev–Trinajstić information content (AvgIpc) is 2.17. The van der Waals surface area contributed by atoms with Gasteiger partial charge in [0.1, 0.15) is 0 Å². The van der Waals surface area contributed by atoms with Crippen molar-refractivity contribution in [3.63, 3.8) is 0 Å². The molecule has 0 saturated carbocycles. The van der Waals surface area contributed by atoms with Crippen LogP contribution in [-0.2, 0) is 4.74 Å². The molecule has 1 heterocycles. The van der Waals surface area contributed by atoms with Gasteiger partial charge in [0.2, 0.25) is 0 Å². The van der Waals surface area contributed by atoms with Crippen molar-refractivity contribution in [2.24, 2.45) is 11.3 Å².